The van der Waals surface area contributed by atoms with Gasteiger partial charge in [0.2, 0.25) is 0 Å². The summed E-state index contributed by atoms with van der Waals surface area (Å²) in [5, 5.41) is 2.98. The molecule has 2 aromatic rings. The fourth-order valence-corrected chi connectivity index (χ4v) is 2.71. The van der Waals surface area contributed by atoms with Crippen molar-refractivity contribution in [1.29, 1.82) is 0 Å². The van der Waals surface area contributed by atoms with Gasteiger partial charge in [0.15, 0.2) is 0 Å². The van der Waals surface area contributed by atoms with Crippen LogP contribution in [0.5, 0.6) is 0 Å². The molecule has 1 amide bonds. The van der Waals surface area contributed by atoms with E-state index in [1.807, 2.05) is 37.4 Å². The summed E-state index contributed by atoms with van der Waals surface area (Å²) in [7, 11) is 5.61. The second-order valence-electron chi connectivity index (χ2n) is 5.19. The second kappa shape index (κ2) is 6.13. The maximum Gasteiger partial charge on any atom is 0.254 e. The fraction of sp³-hybridized carbons (Fsp3) is 0.333. The minimum Gasteiger partial charge on any atom is -0.397 e. The molecule has 1 aromatic carbocycles. The van der Waals surface area contributed by atoms with Crippen molar-refractivity contribution >= 4 is 28.6 Å². The third-order valence-corrected chi connectivity index (χ3v) is 3.99. The fourth-order valence-electron chi connectivity index (χ4n) is 2.11. The van der Waals surface area contributed by atoms with Crippen LogP contribution in [-0.4, -0.2) is 36.9 Å². The lowest BCUT2D eigenvalue weighted by Crippen LogP contribution is -2.26. The van der Waals surface area contributed by atoms with Crippen LogP contribution in [0.3, 0.4) is 0 Å². The maximum absolute atomic E-state index is 12.4. The van der Waals surface area contributed by atoms with Crippen LogP contribution < -0.4 is 10.6 Å². The van der Waals surface area contributed by atoms with E-state index in [0.717, 1.165) is 16.4 Å². The van der Waals surface area contributed by atoms with Crippen molar-refractivity contribution in [2.24, 2.45) is 0 Å². The van der Waals surface area contributed by atoms with Crippen molar-refractivity contribution in [1.82, 2.24) is 9.88 Å². The van der Waals surface area contributed by atoms with E-state index >= 15 is 0 Å². The minimum atomic E-state index is -0.0577. The Morgan fingerprint density at radius 3 is 2.57 bits per heavy atom. The van der Waals surface area contributed by atoms with Gasteiger partial charge in [-0.3, -0.25) is 4.79 Å². The molecule has 0 bridgehead atoms. The average molecular weight is 304 g/mol. The number of hydrogen-bond donors (Lipinski definition) is 1. The molecule has 6 heteroatoms. The van der Waals surface area contributed by atoms with Crippen molar-refractivity contribution in [2.45, 2.75) is 13.5 Å². The van der Waals surface area contributed by atoms with E-state index in [4.69, 9.17) is 5.73 Å². The first-order valence-electron chi connectivity index (χ1n) is 6.62. The van der Waals surface area contributed by atoms with Gasteiger partial charge in [0.05, 0.1) is 28.6 Å². The molecule has 21 heavy (non-hydrogen) atoms. The molecular weight excluding hydrogens is 284 g/mol. The van der Waals surface area contributed by atoms with E-state index in [1.54, 1.807) is 35.4 Å². The van der Waals surface area contributed by atoms with E-state index in [1.165, 1.54) is 0 Å². The number of nitrogen functional groups attached to an aromatic ring is 1. The summed E-state index contributed by atoms with van der Waals surface area (Å²) in [6.45, 7) is 2.45. The molecule has 2 rings (SSSR count). The highest BCUT2D eigenvalue weighted by Crippen LogP contribution is 2.23. The van der Waals surface area contributed by atoms with E-state index in [0.29, 0.717) is 17.8 Å². The van der Waals surface area contributed by atoms with Crippen LogP contribution in [0.15, 0.2) is 23.6 Å². The smallest absolute Gasteiger partial charge is 0.254 e. The Balaban J connectivity index is 2.14. The highest BCUT2D eigenvalue weighted by molar-refractivity contribution is 7.09. The van der Waals surface area contributed by atoms with Crippen LogP contribution >= 0.6 is 11.3 Å². The Morgan fingerprint density at radius 2 is 2.05 bits per heavy atom. The molecule has 2 N–H and O–H groups in total. The van der Waals surface area contributed by atoms with Crippen LogP contribution in [0, 0.1) is 6.92 Å². The van der Waals surface area contributed by atoms with Crippen molar-refractivity contribution in [3.8, 4) is 0 Å². The van der Waals surface area contributed by atoms with Gasteiger partial charge in [-0.15, -0.1) is 11.3 Å². The highest BCUT2D eigenvalue weighted by Gasteiger charge is 2.15. The van der Waals surface area contributed by atoms with Gasteiger partial charge in [-0.2, -0.15) is 0 Å². The number of aryl methyl sites for hydroxylation is 1. The standard InChI is InChI=1S/C15H20N4OS/c1-10-17-12(9-21-10)8-19(4)15(20)11-5-6-14(18(2)3)13(16)7-11/h5-7,9H,8,16H2,1-4H3. The third kappa shape index (κ3) is 3.52. The first-order chi connectivity index (χ1) is 9.88. The summed E-state index contributed by atoms with van der Waals surface area (Å²) in [6, 6.07) is 5.39. The predicted molar refractivity (Wildman–Crippen MR) is 87.8 cm³/mol. The Kier molecular flexibility index (Phi) is 4.47. The monoisotopic (exact) mass is 304 g/mol. The van der Waals surface area contributed by atoms with Crippen molar-refractivity contribution in [3.05, 3.63) is 39.8 Å². The Morgan fingerprint density at radius 1 is 1.33 bits per heavy atom. The zero-order chi connectivity index (χ0) is 15.6. The van der Waals surface area contributed by atoms with E-state index in [-0.39, 0.29) is 5.91 Å². The topological polar surface area (TPSA) is 62.5 Å². The number of rotatable bonds is 4. The second-order valence-corrected chi connectivity index (χ2v) is 6.25. The van der Waals surface area contributed by atoms with Crippen LogP contribution in [0.2, 0.25) is 0 Å². The Bertz CT molecular complexity index is 651. The van der Waals surface area contributed by atoms with Gasteiger partial charge in [-0.1, -0.05) is 0 Å². The van der Waals surface area contributed by atoms with E-state index in [9.17, 15) is 4.79 Å². The molecule has 0 aliphatic carbocycles. The number of anilines is 2. The third-order valence-electron chi connectivity index (χ3n) is 3.17. The first-order valence-corrected chi connectivity index (χ1v) is 7.49. The highest BCUT2D eigenvalue weighted by atomic mass is 32.1. The predicted octanol–water partition coefficient (Wildman–Crippen LogP) is 2.37. The summed E-state index contributed by atoms with van der Waals surface area (Å²) in [5.41, 5.74) is 9.00. The van der Waals surface area contributed by atoms with Gasteiger partial charge >= 0.3 is 0 Å². The molecule has 0 atom stereocenters. The zero-order valence-electron chi connectivity index (χ0n) is 12.8. The molecule has 5 nitrogen and oxygen atoms in total. The molecule has 0 saturated heterocycles. The molecule has 1 heterocycles. The Labute approximate surface area is 129 Å². The van der Waals surface area contributed by atoms with Gasteiger partial charge in [-0.05, 0) is 25.1 Å². The number of carbonyl (C=O) groups excluding carboxylic acids is 1. The molecule has 0 aliphatic rings. The molecule has 0 radical (unpaired) electrons. The number of nitrogens with two attached hydrogens (primary N) is 1. The molecule has 112 valence electrons. The van der Waals surface area contributed by atoms with Gasteiger partial charge in [-0.25, -0.2) is 4.98 Å². The molecule has 0 fully saturated rings. The van der Waals surface area contributed by atoms with Crippen LogP contribution in [-0.2, 0) is 6.54 Å². The van der Waals surface area contributed by atoms with Crippen LogP contribution in [0.1, 0.15) is 21.1 Å². The summed E-state index contributed by atoms with van der Waals surface area (Å²) >= 11 is 1.59. The minimum absolute atomic E-state index is 0.0577. The quantitative estimate of drug-likeness (QED) is 0.881. The summed E-state index contributed by atoms with van der Waals surface area (Å²) in [4.78, 5) is 20.4. The number of hydrogen-bond acceptors (Lipinski definition) is 5. The molecule has 1 aromatic heterocycles. The lowest BCUT2D eigenvalue weighted by molar-refractivity contribution is 0.0783. The SMILES string of the molecule is Cc1nc(CN(C)C(=O)c2ccc(N(C)C)c(N)c2)cs1. The number of thiazole rings is 1. The number of aromatic nitrogens is 1. The normalized spacial score (nSPS) is 10.5. The number of benzene rings is 1. The van der Waals surface area contributed by atoms with Crippen molar-refractivity contribution < 1.29 is 4.79 Å². The maximum atomic E-state index is 12.4. The lowest BCUT2D eigenvalue weighted by atomic mass is 10.1. The molecule has 0 aliphatic heterocycles. The van der Waals surface area contributed by atoms with Gasteiger partial charge < -0.3 is 15.5 Å². The number of carbonyl (C=O) groups is 1. The molecule has 0 spiro atoms. The van der Waals surface area contributed by atoms with Crippen LogP contribution in [0.4, 0.5) is 11.4 Å². The van der Waals surface area contributed by atoms with Gasteiger partial charge in [0.1, 0.15) is 0 Å². The van der Waals surface area contributed by atoms with Crippen molar-refractivity contribution in [2.75, 3.05) is 31.8 Å². The van der Waals surface area contributed by atoms with E-state index in [2.05, 4.69) is 4.98 Å². The zero-order valence-corrected chi connectivity index (χ0v) is 13.6. The number of nitrogens with zero attached hydrogens (tertiary/aromatic N) is 3. The Hall–Kier alpha value is -2.08. The molecule has 0 saturated carbocycles. The summed E-state index contributed by atoms with van der Waals surface area (Å²) in [6.07, 6.45) is 0. The van der Waals surface area contributed by atoms with E-state index < -0.39 is 0 Å². The van der Waals surface area contributed by atoms with Gasteiger partial charge in [0, 0.05) is 32.1 Å². The largest absolute Gasteiger partial charge is 0.397 e. The van der Waals surface area contributed by atoms with Crippen molar-refractivity contribution in [3.63, 3.8) is 0 Å². The number of amides is 1. The molecular formula is C15H20N4OS. The summed E-state index contributed by atoms with van der Waals surface area (Å²) in [5.74, 6) is -0.0577. The van der Waals surface area contributed by atoms with Crippen LogP contribution in [0.25, 0.3) is 0 Å². The molecule has 0 unspecified atom stereocenters. The summed E-state index contributed by atoms with van der Waals surface area (Å²) < 4.78 is 0. The average Bonchev–Trinajstić information content (AvgIpc) is 2.82. The lowest BCUT2D eigenvalue weighted by Gasteiger charge is -2.19. The first kappa shape index (κ1) is 15.3. The van der Waals surface area contributed by atoms with Gasteiger partial charge in [0.25, 0.3) is 5.91 Å².